The third-order valence-electron chi connectivity index (χ3n) is 3.92. The smallest absolute Gasteiger partial charge is 0.349 e. The molecule has 0 radical (unpaired) electrons. The van der Waals surface area contributed by atoms with E-state index in [1.165, 1.54) is 18.6 Å². The molecule has 1 aliphatic rings. The van der Waals surface area contributed by atoms with Gasteiger partial charge in [0.15, 0.2) is 0 Å². The number of sulfonamides is 1. The van der Waals surface area contributed by atoms with E-state index in [0.717, 1.165) is 17.0 Å². The number of methoxy groups -OCH3 is 1. The molecule has 3 rings (SSSR count). The highest BCUT2D eigenvalue weighted by Gasteiger charge is 2.25. The van der Waals surface area contributed by atoms with Crippen LogP contribution in [0.15, 0.2) is 22.4 Å². The third-order valence-corrected chi connectivity index (χ3v) is 6.39. The van der Waals surface area contributed by atoms with Crippen LogP contribution in [0.5, 0.6) is 0 Å². The minimum atomic E-state index is -3.89. The first kappa shape index (κ1) is 19.7. The fraction of sp³-hybridized carbons (Fsp3) is 0.438. The Balaban J connectivity index is 1.77. The lowest BCUT2D eigenvalue weighted by Crippen LogP contribution is -2.37. The first-order valence-corrected chi connectivity index (χ1v) is 10.6. The Morgan fingerprint density at radius 3 is 2.81 bits per heavy atom. The number of aryl methyl sites for hydroxylation is 1. The van der Waals surface area contributed by atoms with E-state index >= 15 is 0 Å². The van der Waals surface area contributed by atoms with Crippen molar-refractivity contribution in [2.45, 2.75) is 18.4 Å². The zero-order valence-electron chi connectivity index (χ0n) is 15.0. The van der Waals surface area contributed by atoms with Gasteiger partial charge in [-0.05, 0) is 24.4 Å². The SMILES string of the molecule is COC(=O)c1sccc1S(=O)(=O)NCc1cc(C)nc(N2CCOCC2)n1. The molecule has 1 N–H and O–H groups in total. The Hall–Kier alpha value is -2.08. The van der Waals surface area contributed by atoms with E-state index in [9.17, 15) is 13.2 Å². The predicted molar refractivity (Wildman–Crippen MR) is 99.5 cm³/mol. The average molecular weight is 412 g/mol. The van der Waals surface area contributed by atoms with Crippen molar-refractivity contribution in [3.8, 4) is 0 Å². The summed E-state index contributed by atoms with van der Waals surface area (Å²) in [6.45, 7) is 4.40. The van der Waals surface area contributed by atoms with Crippen molar-refractivity contribution in [3.63, 3.8) is 0 Å². The highest BCUT2D eigenvalue weighted by Crippen LogP contribution is 2.23. The van der Waals surface area contributed by atoms with E-state index in [4.69, 9.17) is 4.74 Å². The van der Waals surface area contributed by atoms with Crippen molar-refractivity contribution in [3.05, 3.63) is 33.8 Å². The summed E-state index contributed by atoms with van der Waals surface area (Å²) in [5.74, 6) is -0.129. The van der Waals surface area contributed by atoms with Gasteiger partial charge in [0.05, 0.1) is 32.6 Å². The van der Waals surface area contributed by atoms with E-state index in [0.29, 0.717) is 37.9 Å². The molecule has 3 heterocycles. The molecule has 1 saturated heterocycles. The van der Waals surface area contributed by atoms with E-state index in [1.807, 2.05) is 11.8 Å². The zero-order chi connectivity index (χ0) is 19.4. The lowest BCUT2D eigenvalue weighted by molar-refractivity contribution is 0.0602. The zero-order valence-corrected chi connectivity index (χ0v) is 16.6. The van der Waals surface area contributed by atoms with Gasteiger partial charge in [-0.3, -0.25) is 0 Å². The van der Waals surface area contributed by atoms with Gasteiger partial charge in [0.1, 0.15) is 9.77 Å². The normalized spacial score (nSPS) is 15.0. The molecule has 27 heavy (non-hydrogen) atoms. The van der Waals surface area contributed by atoms with E-state index in [-0.39, 0.29) is 16.3 Å². The molecule has 2 aromatic heterocycles. The summed E-state index contributed by atoms with van der Waals surface area (Å²) in [5, 5.41) is 1.53. The summed E-state index contributed by atoms with van der Waals surface area (Å²) in [4.78, 5) is 22.6. The van der Waals surface area contributed by atoms with Crippen molar-refractivity contribution >= 4 is 33.3 Å². The molecule has 11 heteroatoms. The highest BCUT2D eigenvalue weighted by molar-refractivity contribution is 7.89. The van der Waals surface area contributed by atoms with Gasteiger partial charge in [0.25, 0.3) is 0 Å². The molecular formula is C16H20N4O5S2. The van der Waals surface area contributed by atoms with Crippen molar-refractivity contribution in [1.82, 2.24) is 14.7 Å². The number of thiophene rings is 1. The average Bonchev–Trinajstić information content (AvgIpc) is 3.17. The maximum Gasteiger partial charge on any atom is 0.349 e. The quantitative estimate of drug-likeness (QED) is 0.698. The molecule has 0 amide bonds. The number of rotatable bonds is 6. The molecule has 2 aromatic rings. The number of nitrogens with zero attached hydrogens (tertiary/aromatic N) is 3. The van der Waals surface area contributed by atoms with Crippen molar-refractivity contribution in [1.29, 1.82) is 0 Å². The van der Waals surface area contributed by atoms with Crippen LogP contribution in [0.4, 0.5) is 5.95 Å². The molecule has 0 bridgehead atoms. The minimum Gasteiger partial charge on any atom is -0.465 e. The number of carbonyl (C=O) groups excluding carboxylic acids is 1. The number of esters is 1. The standard InChI is InChI=1S/C16H20N4O5S2/c1-11-9-12(19-16(18-11)20-4-6-25-7-5-20)10-17-27(22,23)13-3-8-26-14(13)15(21)24-2/h3,8-9,17H,4-7,10H2,1-2H3. The Morgan fingerprint density at radius 1 is 1.37 bits per heavy atom. The number of nitrogens with one attached hydrogen (secondary N) is 1. The van der Waals surface area contributed by atoms with Crippen molar-refractivity contribution < 1.29 is 22.7 Å². The lowest BCUT2D eigenvalue weighted by atomic mass is 10.3. The van der Waals surface area contributed by atoms with Crippen LogP contribution in [0.2, 0.25) is 0 Å². The molecular weight excluding hydrogens is 392 g/mol. The second-order valence-corrected chi connectivity index (χ2v) is 8.48. The van der Waals surface area contributed by atoms with Crippen LogP contribution in [0, 0.1) is 6.92 Å². The van der Waals surface area contributed by atoms with Crippen LogP contribution in [-0.2, 0) is 26.0 Å². The van der Waals surface area contributed by atoms with Crippen LogP contribution in [0.1, 0.15) is 21.1 Å². The minimum absolute atomic E-state index is 0.0144. The van der Waals surface area contributed by atoms with Crippen LogP contribution in [-0.4, -0.2) is 57.8 Å². The maximum absolute atomic E-state index is 12.6. The first-order valence-electron chi connectivity index (χ1n) is 8.23. The van der Waals surface area contributed by atoms with E-state index < -0.39 is 16.0 Å². The van der Waals surface area contributed by atoms with Crippen LogP contribution < -0.4 is 9.62 Å². The molecule has 0 atom stereocenters. The van der Waals surface area contributed by atoms with Gasteiger partial charge in [-0.25, -0.2) is 27.9 Å². The lowest BCUT2D eigenvalue weighted by Gasteiger charge is -2.27. The summed E-state index contributed by atoms with van der Waals surface area (Å²) in [7, 11) is -2.67. The molecule has 1 aliphatic heterocycles. The van der Waals surface area contributed by atoms with Crippen molar-refractivity contribution in [2.75, 3.05) is 38.3 Å². The Morgan fingerprint density at radius 2 is 2.11 bits per heavy atom. The van der Waals surface area contributed by atoms with Crippen LogP contribution >= 0.6 is 11.3 Å². The summed E-state index contributed by atoms with van der Waals surface area (Å²) >= 11 is 1.02. The molecule has 146 valence electrons. The number of ether oxygens (including phenoxy) is 2. The first-order chi connectivity index (χ1) is 12.9. The monoisotopic (exact) mass is 412 g/mol. The number of carbonyl (C=O) groups is 1. The maximum atomic E-state index is 12.6. The number of hydrogen-bond acceptors (Lipinski definition) is 9. The van der Waals surface area contributed by atoms with Gasteiger partial charge >= 0.3 is 5.97 Å². The number of morpholine rings is 1. The van der Waals surface area contributed by atoms with E-state index in [2.05, 4.69) is 19.4 Å². The molecule has 1 fully saturated rings. The topological polar surface area (TPSA) is 111 Å². The van der Waals surface area contributed by atoms with Gasteiger partial charge in [-0.15, -0.1) is 11.3 Å². The highest BCUT2D eigenvalue weighted by atomic mass is 32.2. The summed E-state index contributed by atoms with van der Waals surface area (Å²) in [5.41, 5.74) is 1.29. The molecule has 0 aromatic carbocycles. The molecule has 9 nitrogen and oxygen atoms in total. The predicted octanol–water partition coefficient (Wildman–Crippen LogP) is 0.948. The van der Waals surface area contributed by atoms with Gasteiger partial charge in [-0.2, -0.15) is 0 Å². The second kappa shape index (κ2) is 8.30. The summed E-state index contributed by atoms with van der Waals surface area (Å²) in [6, 6.07) is 3.10. The molecule has 0 saturated carbocycles. The Kier molecular flexibility index (Phi) is 6.05. The third kappa shape index (κ3) is 4.61. The van der Waals surface area contributed by atoms with Gasteiger partial charge in [0, 0.05) is 18.8 Å². The number of hydrogen-bond donors (Lipinski definition) is 1. The Bertz CT molecular complexity index is 923. The summed E-state index contributed by atoms with van der Waals surface area (Å²) < 4.78 is 37.6. The van der Waals surface area contributed by atoms with Crippen LogP contribution in [0.3, 0.4) is 0 Å². The fourth-order valence-electron chi connectivity index (χ4n) is 2.61. The second-order valence-electron chi connectivity index (χ2n) is 5.83. The Labute approximate surface area is 161 Å². The van der Waals surface area contributed by atoms with Gasteiger partial charge in [0.2, 0.25) is 16.0 Å². The largest absolute Gasteiger partial charge is 0.465 e. The van der Waals surface area contributed by atoms with Crippen molar-refractivity contribution in [2.24, 2.45) is 0 Å². The van der Waals surface area contributed by atoms with Gasteiger partial charge < -0.3 is 14.4 Å². The molecule has 0 unspecified atom stereocenters. The number of aromatic nitrogens is 2. The summed E-state index contributed by atoms with van der Waals surface area (Å²) in [6.07, 6.45) is 0. The fourth-order valence-corrected chi connectivity index (χ4v) is 4.94. The van der Waals surface area contributed by atoms with E-state index in [1.54, 1.807) is 6.07 Å². The van der Waals surface area contributed by atoms with Gasteiger partial charge in [-0.1, -0.05) is 0 Å². The number of anilines is 1. The molecule has 0 aliphatic carbocycles. The molecule has 0 spiro atoms. The van der Waals surface area contributed by atoms with Crippen LogP contribution in [0.25, 0.3) is 0 Å².